The Hall–Kier alpha value is -0.770. The second-order valence-electron chi connectivity index (χ2n) is 6.70. The molecule has 0 aliphatic heterocycles. The van der Waals surface area contributed by atoms with E-state index in [0.717, 1.165) is 5.92 Å². The third-order valence-electron chi connectivity index (χ3n) is 4.62. The molecular weight excluding hydrogens is 290 g/mol. The van der Waals surface area contributed by atoms with Gasteiger partial charge in [0.25, 0.3) is 0 Å². The summed E-state index contributed by atoms with van der Waals surface area (Å²) in [6, 6.07) is 0. The van der Waals surface area contributed by atoms with Gasteiger partial charge in [0.15, 0.2) is 0 Å². The molecule has 0 spiro atoms. The van der Waals surface area contributed by atoms with E-state index in [1.165, 1.54) is 77.0 Å². The molecule has 0 fully saturated rings. The summed E-state index contributed by atoms with van der Waals surface area (Å²) < 4.78 is 0. The van der Waals surface area contributed by atoms with Gasteiger partial charge in [0.1, 0.15) is 0 Å². The maximum absolute atomic E-state index is 8.56. The number of unbranched alkanes of at least 4 members (excludes halogenated alkanes) is 4. The molecule has 0 unspecified atom stereocenters. The standard InChI is InChI=1S/C18H39N.CH2O3/c1-5-9-13-17(14-10-6-2)18(19,15-11-7-3)16-12-8-4;2-1(3)4/h17H,5-16,19H2,1-4H3;(H2,2,3,4). The summed E-state index contributed by atoms with van der Waals surface area (Å²) in [4.78, 5) is 8.56. The van der Waals surface area contributed by atoms with Crippen molar-refractivity contribution in [3.05, 3.63) is 0 Å². The van der Waals surface area contributed by atoms with Crippen LogP contribution in [0.5, 0.6) is 0 Å². The highest BCUT2D eigenvalue weighted by atomic mass is 16.6. The minimum atomic E-state index is -1.83. The summed E-state index contributed by atoms with van der Waals surface area (Å²) in [5, 5.41) is 13.9. The van der Waals surface area contributed by atoms with Crippen molar-refractivity contribution in [3.63, 3.8) is 0 Å². The number of carbonyl (C=O) groups is 1. The summed E-state index contributed by atoms with van der Waals surface area (Å²) >= 11 is 0. The molecule has 4 heteroatoms. The Morgan fingerprint density at radius 1 is 0.826 bits per heavy atom. The predicted molar refractivity (Wildman–Crippen MR) is 99.2 cm³/mol. The van der Waals surface area contributed by atoms with E-state index in [1.807, 2.05) is 0 Å². The third kappa shape index (κ3) is 14.5. The molecule has 0 saturated carbocycles. The van der Waals surface area contributed by atoms with Gasteiger partial charge in [-0.05, 0) is 31.6 Å². The molecule has 0 aliphatic rings. The van der Waals surface area contributed by atoms with Gasteiger partial charge in [-0.1, -0.05) is 79.1 Å². The molecule has 140 valence electrons. The van der Waals surface area contributed by atoms with Gasteiger partial charge in [-0.2, -0.15) is 0 Å². The van der Waals surface area contributed by atoms with E-state index in [2.05, 4.69) is 27.7 Å². The number of hydrogen-bond acceptors (Lipinski definition) is 2. The lowest BCUT2D eigenvalue weighted by Gasteiger charge is -2.38. The van der Waals surface area contributed by atoms with E-state index < -0.39 is 6.16 Å². The number of carboxylic acid groups (broad SMARTS) is 2. The van der Waals surface area contributed by atoms with Crippen LogP contribution in [0.1, 0.15) is 105 Å². The second-order valence-corrected chi connectivity index (χ2v) is 6.70. The Balaban J connectivity index is 0. The Labute approximate surface area is 143 Å². The molecule has 23 heavy (non-hydrogen) atoms. The lowest BCUT2D eigenvalue weighted by atomic mass is 9.72. The minimum absolute atomic E-state index is 0.121. The van der Waals surface area contributed by atoms with Gasteiger partial charge >= 0.3 is 6.16 Å². The molecule has 4 nitrogen and oxygen atoms in total. The molecular formula is C19H41NO3. The van der Waals surface area contributed by atoms with E-state index in [4.69, 9.17) is 20.7 Å². The fourth-order valence-corrected chi connectivity index (χ4v) is 3.17. The molecule has 0 saturated heterocycles. The molecule has 0 heterocycles. The van der Waals surface area contributed by atoms with E-state index in [9.17, 15) is 0 Å². The van der Waals surface area contributed by atoms with Crippen molar-refractivity contribution in [1.29, 1.82) is 0 Å². The smallest absolute Gasteiger partial charge is 0.450 e. The Bertz CT molecular complexity index is 249. The highest BCUT2D eigenvalue weighted by Gasteiger charge is 2.32. The van der Waals surface area contributed by atoms with Crippen LogP contribution in [-0.2, 0) is 0 Å². The zero-order chi connectivity index (χ0) is 18.1. The summed E-state index contributed by atoms with van der Waals surface area (Å²) in [7, 11) is 0. The summed E-state index contributed by atoms with van der Waals surface area (Å²) in [6.45, 7) is 9.17. The van der Waals surface area contributed by atoms with Gasteiger partial charge in [-0.15, -0.1) is 0 Å². The van der Waals surface area contributed by atoms with E-state index in [-0.39, 0.29) is 5.54 Å². The Morgan fingerprint density at radius 3 is 1.39 bits per heavy atom. The molecule has 0 bridgehead atoms. The monoisotopic (exact) mass is 331 g/mol. The molecule has 0 aromatic carbocycles. The fraction of sp³-hybridized carbons (Fsp3) is 0.947. The van der Waals surface area contributed by atoms with Crippen LogP contribution in [0.2, 0.25) is 0 Å². The van der Waals surface area contributed by atoms with Crippen molar-refractivity contribution in [1.82, 2.24) is 0 Å². The predicted octanol–water partition coefficient (Wildman–Crippen LogP) is 6.28. The summed E-state index contributed by atoms with van der Waals surface area (Å²) in [6.07, 6.45) is 13.8. The van der Waals surface area contributed by atoms with E-state index in [1.54, 1.807) is 0 Å². The van der Waals surface area contributed by atoms with Gasteiger partial charge in [0.05, 0.1) is 0 Å². The van der Waals surface area contributed by atoms with Crippen LogP contribution in [0.3, 0.4) is 0 Å². The minimum Gasteiger partial charge on any atom is -0.450 e. The molecule has 0 amide bonds. The maximum atomic E-state index is 8.56. The lowest BCUT2D eigenvalue weighted by Crippen LogP contribution is -2.47. The van der Waals surface area contributed by atoms with Crippen LogP contribution >= 0.6 is 0 Å². The number of rotatable bonds is 13. The third-order valence-corrected chi connectivity index (χ3v) is 4.62. The van der Waals surface area contributed by atoms with Crippen molar-refractivity contribution in [2.75, 3.05) is 0 Å². The zero-order valence-electron chi connectivity index (χ0n) is 15.9. The van der Waals surface area contributed by atoms with Crippen molar-refractivity contribution in [2.45, 2.75) is 110 Å². The second kappa shape index (κ2) is 16.1. The number of nitrogens with two attached hydrogens (primary N) is 1. The van der Waals surface area contributed by atoms with Crippen LogP contribution < -0.4 is 5.73 Å². The van der Waals surface area contributed by atoms with Crippen LogP contribution in [0.4, 0.5) is 4.79 Å². The SMILES string of the molecule is CCCCC(CCCC)C(N)(CCCC)CCCC.O=C(O)O. The normalized spacial score (nSPS) is 11.2. The van der Waals surface area contributed by atoms with Crippen LogP contribution in [0.25, 0.3) is 0 Å². The number of hydrogen-bond donors (Lipinski definition) is 3. The zero-order valence-corrected chi connectivity index (χ0v) is 15.9. The van der Waals surface area contributed by atoms with Gasteiger partial charge < -0.3 is 15.9 Å². The highest BCUT2D eigenvalue weighted by molar-refractivity contribution is 5.53. The topological polar surface area (TPSA) is 83.6 Å². The van der Waals surface area contributed by atoms with Crippen molar-refractivity contribution in [2.24, 2.45) is 11.7 Å². The van der Waals surface area contributed by atoms with Crippen LogP contribution in [0.15, 0.2) is 0 Å². The van der Waals surface area contributed by atoms with Gasteiger partial charge in [-0.3, -0.25) is 0 Å². The first-order valence-corrected chi connectivity index (χ1v) is 9.58. The quantitative estimate of drug-likeness (QED) is 0.370. The molecule has 0 radical (unpaired) electrons. The first-order valence-electron chi connectivity index (χ1n) is 9.58. The largest absolute Gasteiger partial charge is 0.503 e. The summed E-state index contributed by atoms with van der Waals surface area (Å²) in [5.41, 5.74) is 7.02. The van der Waals surface area contributed by atoms with E-state index in [0.29, 0.717) is 0 Å². The first kappa shape index (κ1) is 24.5. The molecule has 4 N–H and O–H groups in total. The molecule has 0 aromatic rings. The van der Waals surface area contributed by atoms with Crippen LogP contribution in [-0.4, -0.2) is 21.9 Å². The van der Waals surface area contributed by atoms with Crippen molar-refractivity contribution >= 4 is 6.16 Å². The Kier molecular flexibility index (Phi) is 17.1. The molecule has 0 aromatic heterocycles. The van der Waals surface area contributed by atoms with Gasteiger partial charge in [0, 0.05) is 5.54 Å². The average molecular weight is 332 g/mol. The van der Waals surface area contributed by atoms with Crippen LogP contribution in [0, 0.1) is 5.92 Å². The van der Waals surface area contributed by atoms with Gasteiger partial charge in [0.2, 0.25) is 0 Å². The molecule has 0 aliphatic carbocycles. The fourth-order valence-electron chi connectivity index (χ4n) is 3.17. The average Bonchev–Trinajstić information content (AvgIpc) is 2.50. The molecule has 0 rings (SSSR count). The first-order chi connectivity index (χ1) is 10.9. The van der Waals surface area contributed by atoms with E-state index >= 15 is 0 Å². The van der Waals surface area contributed by atoms with Gasteiger partial charge in [-0.25, -0.2) is 4.79 Å². The van der Waals surface area contributed by atoms with Crippen molar-refractivity contribution < 1.29 is 15.0 Å². The lowest BCUT2D eigenvalue weighted by molar-refractivity contribution is 0.137. The maximum Gasteiger partial charge on any atom is 0.503 e. The summed E-state index contributed by atoms with van der Waals surface area (Å²) in [5.74, 6) is 0.755. The van der Waals surface area contributed by atoms with Crippen molar-refractivity contribution in [3.8, 4) is 0 Å². The Morgan fingerprint density at radius 2 is 1.13 bits per heavy atom. The molecule has 0 atom stereocenters. The highest BCUT2D eigenvalue weighted by Crippen LogP contribution is 2.34.